The summed E-state index contributed by atoms with van der Waals surface area (Å²) in [6.45, 7) is 0. The molecular weight excluding hydrogens is 282 g/mol. The Kier molecular flexibility index (Phi) is 4.18. The van der Waals surface area contributed by atoms with Crippen LogP contribution < -0.4 is 10.5 Å². The molecule has 21 heavy (non-hydrogen) atoms. The van der Waals surface area contributed by atoms with Gasteiger partial charge in [-0.15, -0.1) is 0 Å². The maximum absolute atomic E-state index is 6.41. The summed E-state index contributed by atoms with van der Waals surface area (Å²) in [5.74, 6) is 2.02. The highest BCUT2D eigenvalue weighted by Gasteiger charge is 2.42. The molecule has 3 atom stereocenters. The van der Waals surface area contributed by atoms with Crippen molar-refractivity contribution in [2.24, 2.45) is 11.7 Å². The van der Waals surface area contributed by atoms with Gasteiger partial charge in [0.1, 0.15) is 5.75 Å². The maximum Gasteiger partial charge on any atom is 0.122 e. The van der Waals surface area contributed by atoms with Gasteiger partial charge in [-0.1, -0.05) is 41.9 Å². The predicted octanol–water partition coefficient (Wildman–Crippen LogP) is 4.02. The fourth-order valence-electron chi connectivity index (χ4n) is 3.08. The van der Waals surface area contributed by atoms with Crippen LogP contribution in [0.1, 0.15) is 23.5 Å². The molecule has 1 fully saturated rings. The standard InChI is InChI=1S/C18H20ClNO/c1-21-18-8-7-14(19)9-13(18)10-17(20)16-11-15(16)12-5-3-2-4-6-12/h2-9,15-17H,10-11,20H2,1H3. The molecule has 110 valence electrons. The van der Waals surface area contributed by atoms with Crippen molar-refractivity contribution in [2.45, 2.75) is 24.8 Å². The fourth-order valence-corrected chi connectivity index (χ4v) is 3.28. The van der Waals surface area contributed by atoms with E-state index in [1.807, 2.05) is 18.2 Å². The van der Waals surface area contributed by atoms with Gasteiger partial charge in [-0.25, -0.2) is 0 Å². The quantitative estimate of drug-likeness (QED) is 0.905. The molecule has 1 aliphatic rings. The van der Waals surface area contributed by atoms with Crippen LogP contribution in [0.15, 0.2) is 48.5 Å². The second kappa shape index (κ2) is 6.08. The summed E-state index contributed by atoms with van der Waals surface area (Å²) in [4.78, 5) is 0. The van der Waals surface area contributed by atoms with Crippen molar-refractivity contribution in [3.8, 4) is 5.75 Å². The minimum Gasteiger partial charge on any atom is -0.496 e. The number of hydrogen-bond acceptors (Lipinski definition) is 2. The maximum atomic E-state index is 6.41. The van der Waals surface area contributed by atoms with Crippen molar-refractivity contribution < 1.29 is 4.74 Å². The minimum atomic E-state index is 0.141. The predicted molar refractivity (Wildman–Crippen MR) is 87.0 cm³/mol. The number of methoxy groups -OCH3 is 1. The number of hydrogen-bond donors (Lipinski definition) is 1. The summed E-state index contributed by atoms with van der Waals surface area (Å²) in [5, 5.41) is 0.730. The van der Waals surface area contributed by atoms with Crippen LogP contribution in [-0.4, -0.2) is 13.2 Å². The molecule has 0 radical (unpaired) electrons. The Balaban J connectivity index is 1.68. The molecule has 3 unspecified atom stereocenters. The van der Waals surface area contributed by atoms with Crippen molar-refractivity contribution >= 4 is 11.6 Å². The Morgan fingerprint density at radius 2 is 2.00 bits per heavy atom. The molecule has 0 amide bonds. The highest BCUT2D eigenvalue weighted by molar-refractivity contribution is 6.30. The van der Waals surface area contributed by atoms with Gasteiger partial charge in [0.25, 0.3) is 0 Å². The van der Waals surface area contributed by atoms with E-state index in [9.17, 15) is 0 Å². The van der Waals surface area contributed by atoms with Crippen molar-refractivity contribution in [1.82, 2.24) is 0 Å². The molecule has 0 aliphatic heterocycles. The van der Waals surface area contributed by atoms with E-state index in [1.54, 1.807) is 7.11 Å². The number of halogens is 1. The van der Waals surface area contributed by atoms with Crippen LogP contribution in [0.3, 0.4) is 0 Å². The summed E-state index contributed by atoms with van der Waals surface area (Å²) >= 11 is 6.08. The van der Waals surface area contributed by atoms with E-state index in [2.05, 4.69) is 30.3 Å². The Morgan fingerprint density at radius 3 is 2.71 bits per heavy atom. The first-order valence-electron chi connectivity index (χ1n) is 7.32. The van der Waals surface area contributed by atoms with Crippen LogP contribution in [0.25, 0.3) is 0 Å². The van der Waals surface area contributed by atoms with Gasteiger partial charge in [-0.2, -0.15) is 0 Å². The van der Waals surface area contributed by atoms with Gasteiger partial charge in [0.2, 0.25) is 0 Å². The molecule has 0 spiro atoms. The van der Waals surface area contributed by atoms with Gasteiger partial charge in [-0.3, -0.25) is 0 Å². The summed E-state index contributed by atoms with van der Waals surface area (Å²) in [6, 6.07) is 16.5. The van der Waals surface area contributed by atoms with Gasteiger partial charge in [0.15, 0.2) is 0 Å². The Morgan fingerprint density at radius 1 is 1.24 bits per heavy atom. The average molecular weight is 302 g/mol. The smallest absolute Gasteiger partial charge is 0.122 e. The van der Waals surface area contributed by atoms with E-state index in [-0.39, 0.29) is 6.04 Å². The zero-order chi connectivity index (χ0) is 14.8. The van der Waals surface area contributed by atoms with Crippen molar-refractivity contribution in [3.05, 3.63) is 64.7 Å². The lowest BCUT2D eigenvalue weighted by Gasteiger charge is -2.15. The number of nitrogens with two attached hydrogens (primary N) is 1. The highest BCUT2D eigenvalue weighted by atomic mass is 35.5. The number of rotatable bonds is 5. The lowest BCUT2D eigenvalue weighted by Crippen LogP contribution is -2.26. The lowest BCUT2D eigenvalue weighted by atomic mass is 9.99. The van der Waals surface area contributed by atoms with Crippen LogP contribution in [0.4, 0.5) is 0 Å². The second-order valence-electron chi connectivity index (χ2n) is 5.74. The summed E-state index contributed by atoms with van der Waals surface area (Å²) in [5.41, 5.74) is 8.91. The molecule has 2 N–H and O–H groups in total. The third kappa shape index (κ3) is 3.22. The van der Waals surface area contributed by atoms with Crippen LogP contribution in [-0.2, 0) is 6.42 Å². The fraction of sp³-hybridized carbons (Fsp3) is 0.333. The zero-order valence-corrected chi connectivity index (χ0v) is 12.9. The Bertz CT molecular complexity index is 614. The van der Waals surface area contributed by atoms with Crippen molar-refractivity contribution in [3.63, 3.8) is 0 Å². The van der Waals surface area contributed by atoms with Crippen LogP contribution in [0, 0.1) is 5.92 Å². The molecule has 3 rings (SSSR count). The van der Waals surface area contributed by atoms with Crippen molar-refractivity contribution in [1.29, 1.82) is 0 Å². The second-order valence-corrected chi connectivity index (χ2v) is 6.18. The normalized spacial score (nSPS) is 21.9. The SMILES string of the molecule is COc1ccc(Cl)cc1CC(N)C1CC1c1ccccc1. The van der Waals surface area contributed by atoms with Crippen LogP contribution >= 0.6 is 11.6 Å². The summed E-state index contributed by atoms with van der Waals surface area (Å²) in [6.07, 6.45) is 1.98. The van der Waals surface area contributed by atoms with Crippen LogP contribution in [0.2, 0.25) is 5.02 Å². The Hall–Kier alpha value is -1.51. The first kappa shape index (κ1) is 14.4. The third-order valence-electron chi connectivity index (χ3n) is 4.32. The van der Waals surface area contributed by atoms with Gasteiger partial charge < -0.3 is 10.5 Å². The Labute approximate surface area is 130 Å². The molecule has 2 aromatic rings. The lowest BCUT2D eigenvalue weighted by molar-refractivity contribution is 0.406. The van der Waals surface area contributed by atoms with E-state index in [1.165, 1.54) is 12.0 Å². The van der Waals surface area contributed by atoms with E-state index in [0.717, 1.165) is 22.8 Å². The van der Waals surface area contributed by atoms with Crippen LogP contribution in [0.5, 0.6) is 5.75 Å². The van der Waals surface area contributed by atoms with Gasteiger partial charge >= 0.3 is 0 Å². The molecule has 1 aliphatic carbocycles. The average Bonchev–Trinajstić information content (AvgIpc) is 3.29. The minimum absolute atomic E-state index is 0.141. The topological polar surface area (TPSA) is 35.2 Å². The zero-order valence-electron chi connectivity index (χ0n) is 12.1. The van der Waals surface area contributed by atoms with Gasteiger partial charge in [0.05, 0.1) is 7.11 Å². The van der Waals surface area contributed by atoms with E-state index >= 15 is 0 Å². The van der Waals surface area contributed by atoms with Gasteiger partial charge in [0, 0.05) is 11.1 Å². The van der Waals surface area contributed by atoms with E-state index in [0.29, 0.717) is 11.8 Å². The third-order valence-corrected chi connectivity index (χ3v) is 4.55. The highest BCUT2D eigenvalue weighted by Crippen LogP contribution is 2.49. The molecule has 2 aromatic carbocycles. The summed E-state index contributed by atoms with van der Waals surface area (Å²) in [7, 11) is 1.68. The largest absolute Gasteiger partial charge is 0.496 e. The number of ether oxygens (including phenoxy) is 1. The van der Waals surface area contributed by atoms with E-state index in [4.69, 9.17) is 22.1 Å². The summed E-state index contributed by atoms with van der Waals surface area (Å²) < 4.78 is 5.40. The monoisotopic (exact) mass is 301 g/mol. The molecule has 1 saturated carbocycles. The number of benzene rings is 2. The molecule has 0 saturated heterocycles. The van der Waals surface area contributed by atoms with Gasteiger partial charge in [-0.05, 0) is 54.0 Å². The molecule has 0 heterocycles. The molecule has 0 aromatic heterocycles. The first-order valence-corrected chi connectivity index (χ1v) is 7.70. The van der Waals surface area contributed by atoms with Crippen molar-refractivity contribution in [2.75, 3.05) is 7.11 Å². The molecular formula is C18H20ClNO. The molecule has 3 heteroatoms. The van der Waals surface area contributed by atoms with E-state index < -0.39 is 0 Å². The molecule has 0 bridgehead atoms. The molecule has 2 nitrogen and oxygen atoms in total. The first-order chi connectivity index (χ1) is 10.2.